The minimum atomic E-state index is -0.243. The fourth-order valence-corrected chi connectivity index (χ4v) is 3.22. The van der Waals surface area contributed by atoms with Gasteiger partial charge in [0.2, 0.25) is 0 Å². The highest BCUT2D eigenvalue weighted by Gasteiger charge is 2.34. The third kappa shape index (κ3) is 4.36. The van der Waals surface area contributed by atoms with Crippen molar-refractivity contribution in [2.45, 2.75) is 45.0 Å². The number of hydrogen-bond donors (Lipinski definition) is 2. The first-order chi connectivity index (χ1) is 11.2. The highest BCUT2D eigenvalue weighted by atomic mass is 16.5. The molecule has 3 rings (SSSR count). The summed E-state index contributed by atoms with van der Waals surface area (Å²) >= 11 is 0. The summed E-state index contributed by atoms with van der Waals surface area (Å²) in [6.07, 6.45) is 4.48. The van der Waals surface area contributed by atoms with Crippen LogP contribution < -0.4 is 9.64 Å². The first-order valence-corrected chi connectivity index (χ1v) is 8.45. The third-order valence-electron chi connectivity index (χ3n) is 4.53. The van der Waals surface area contributed by atoms with Crippen LogP contribution in [0.15, 0.2) is 42.6 Å². The Hall–Kier alpha value is -1.78. The van der Waals surface area contributed by atoms with Crippen molar-refractivity contribution < 1.29 is 14.7 Å². The van der Waals surface area contributed by atoms with E-state index in [2.05, 4.69) is 35.0 Å². The second kappa shape index (κ2) is 7.20. The molecule has 1 saturated carbocycles. The molecule has 0 amide bonds. The largest absolute Gasteiger partial charge is 0.497 e. The molecule has 2 atom stereocenters. The highest BCUT2D eigenvalue weighted by Crippen LogP contribution is 2.17. The number of nitrogens with one attached hydrogen (secondary N) is 1. The number of hydrogen-bond acceptors (Lipinski definition) is 2. The van der Waals surface area contributed by atoms with Crippen molar-refractivity contribution >= 4 is 0 Å². The SMILES string of the molecule is COc1cccc(Cn2cccc2C[NH+](C[C@H](C)O)C2CC2)c1. The zero-order valence-corrected chi connectivity index (χ0v) is 14.0. The van der Waals surface area contributed by atoms with Crippen LogP contribution in [0.4, 0.5) is 0 Å². The predicted molar refractivity (Wildman–Crippen MR) is 90.8 cm³/mol. The standard InChI is InChI=1S/C19H26N2O2/c1-15(22)12-21(17-8-9-17)14-18-6-4-10-20(18)13-16-5-3-7-19(11-16)23-2/h3-7,10-11,15,17,22H,8-9,12-14H2,1-2H3/p+1/t15-/m0/s1. The van der Waals surface area contributed by atoms with Crippen LogP contribution in [-0.4, -0.2) is 35.5 Å². The Labute approximate surface area is 138 Å². The van der Waals surface area contributed by atoms with Crippen molar-refractivity contribution in [3.05, 3.63) is 53.9 Å². The molecule has 0 aliphatic heterocycles. The van der Waals surface area contributed by atoms with Crippen molar-refractivity contribution in [3.8, 4) is 5.75 Å². The van der Waals surface area contributed by atoms with E-state index in [1.165, 1.54) is 29.0 Å². The molecule has 1 aromatic carbocycles. The van der Waals surface area contributed by atoms with E-state index < -0.39 is 0 Å². The van der Waals surface area contributed by atoms with E-state index >= 15 is 0 Å². The van der Waals surface area contributed by atoms with Crippen LogP contribution >= 0.6 is 0 Å². The molecule has 4 nitrogen and oxygen atoms in total. The number of benzene rings is 1. The zero-order valence-electron chi connectivity index (χ0n) is 14.0. The van der Waals surface area contributed by atoms with Crippen molar-refractivity contribution in [3.63, 3.8) is 0 Å². The molecule has 1 aliphatic carbocycles. The van der Waals surface area contributed by atoms with Gasteiger partial charge < -0.3 is 19.3 Å². The number of aliphatic hydroxyl groups excluding tert-OH is 1. The van der Waals surface area contributed by atoms with Crippen LogP contribution in [0.2, 0.25) is 0 Å². The predicted octanol–water partition coefficient (Wildman–Crippen LogP) is 1.47. The van der Waals surface area contributed by atoms with Crippen LogP contribution in [0.1, 0.15) is 31.0 Å². The van der Waals surface area contributed by atoms with Crippen LogP contribution in [0.3, 0.4) is 0 Å². The molecule has 1 fully saturated rings. The molecular weight excluding hydrogens is 288 g/mol. The first kappa shape index (κ1) is 16.1. The summed E-state index contributed by atoms with van der Waals surface area (Å²) in [4.78, 5) is 1.51. The Kier molecular flexibility index (Phi) is 5.03. The molecule has 4 heteroatoms. The molecule has 0 saturated heterocycles. The van der Waals surface area contributed by atoms with E-state index in [1.54, 1.807) is 7.11 Å². The van der Waals surface area contributed by atoms with Gasteiger partial charge in [0.05, 0.1) is 18.8 Å². The van der Waals surface area contributed by atoms with Crippen molar-refractivity contribution in [1.82, 2.24) is 4.57 Å². The fraction of sp³-hybridized carbons (Fsp3) is 0.474. The summed E-state index contributed by atoms with van der Waals surface area (Å²) in [6, 6.07) is 13.3. The lowest BCUT2D eigenvalue weighted by molar-refractivity contribution is -0.928. The van der Waals surface area contributed by atoms with E-state index in [9.17, 15) is 5.11 Å². The Morgan fingerprint density at radius 3 is 2.83 bits per heavy atom. The fourth-order valence-electron chi connectivity index (χ4n) is 3.22. The van der Waals surface area contributed by atoms with E-state index in [1.807, 2.05) is 19.1 Å². The van der Waals surface area contributed by atoms with Crippen LogP contribution in [0.25, 0.3) is 0 Å². The van der Waals surface area contributed by atoms with Gasteiger partial charge in [-0.3, -0.25) is 0 Å². The maximum Gasteiger partial charge on any atom is 0.119 e. The third-order valence-corrected chi connectivity index (χ3v) is 4.53. The molecule has 1 heterocycles. The van der Waals surface area contributed by atoms with Gasteiger partial charge in [-0.05, 0) is 36.8 Å². The van der Waals surface area contributed by atoms with Gasteiger partial charge >= 0.3 is 0 Å². The van der Waals surface area contributed by atoms with Crippen molar-refractivity contribution in [1.29, 1.82) is 0 Å². The highest BCUT2D eigenvalue weighted by molar-refractivity contribution is 5.29. The second-order valence-electron chi connectivity index (χ2n) is 6.64. The Balaban J connectivity index is 1.71. The number of methoxy groups -OCH3 is 1. The minimum Gasteiger partial charge on any atom is -0.497 e. The number of nitrogens with zero attached hydrogens (tertiary/aromatic N) is 1. The van der Waals surface area contributed by atoms with Crippen molar-refractivity contribution in [2.75, 3.05) is 13.7 Å². The summed E-state index contributed by atoms with van der Waals surface area (Å²) in [5.41, 5.74) is 2.57. The summed E-state index contributed by atoms with van der Waals surface area (Å²) in [6.45, 7) is 4.55. The molecule has 124 valence electrons. The summed E-state index contributed by atoms with van der Waals surface area (Å²) in [5.74, 6) is 0.899. The van der Waals surface area contributed by atoms with Gasteiger partial charge in [0, 0.05) is 25.6 Å². The van der Waals surface area contributed by atoms with Gasteiger partial charge in [-0.25, -0.2) is 0 Å². The van der Waals surface area contributed by atoms with Crippen LogP contribution in [0.5, 0.6) is 5.75 Å². The van der Waals surface area contributed by atoms with Crippen LogP contribution in [-0.2, 0) is 13.1 Å². The number of quaternary nitrogens is 1. The van der Waals surface area contributed by atoms with Crippen molar-refractivity contribution in [2.24, 2.45) is 0 Å². The normalized spacial score (nSPS) is 17.0. The zero-order chi connectivity index (χ0) is 16.2. The quantitative estimate of drug-likeness (QED) is 0.774. The Morgan fingerprint density at radius 2 is 2.13 bits per heavy atom. The van der Waals surface area contributed by atoms with Gasteiger partial charge in [-0.15, -0.1) is 0 Å². The van der Waals surface area contributed by atoms with Gasteiger partial charge in [-0.2, -0.15) is 0 Å². The second-order valence-corrected chi connectivity index (χ2v) is 6.64. The van der Waals surface area contributed by atoms with Gasteiger partial charge in [0.25, 0.3) is 0 Å². The molecule has 0 bridgehead atoms. The molecular formula is C19H27N2O2+. The Morgan fingerprint density at radius 1 is 1.30 bits per heavy atom. The average molecular weight is 315 g/mol. The number of ether oxygens (including phenoxy) is 1. The van der Waals surface area contributed by atoms with E-state index in [-0.39, 0.29) is 6.10 Å². The maximum absolute atomic E-state index is 9.75. The molecule has 1 aromatic heterocycles. The van der Waals surface area contributed by atoms with Gasteiger partial charge in [0.1, 0.15) is 24.9 Å². The lowest BCUT2D eigenvalue weighted by atomic mass is 10.2. The van der Waals surface area contributed by atoms with E-state index in [0.717, 1.165) is 31.4 Å². The first-order valence-electron chi connectivity index (χ1n) is 8.45. The molecule has 0 radical (unpaired) electrons. The molecule has 2 N–H and O–H groups in total. The number of aliphatic hydroxyl groups is 1. The summed E-state index contributed by atoms with van der Waals surface area (Å²) in [7, 11) is 1.70. The van der Waals surface area contributed by atoms with Gasteiger partial charge in [-0.1, -0.05) is 12.1 Å². The van der Waals surface area contributed by atoms with E-state index in [0.29, 0.717) is 0 Å². The van der Waals surface area contributed by atoms with E-state index in [4.69, 9.17) is 4.74 Å². The smallest absolute Gasteiger partial charge is 0.119 e. The number of rotatable bonds is 8. The topological polar surface area (TPSA) is 38.8 Å². The summed E-state index contributed by atoms with van der Waals surface area (Å²) < 4.78 is 7.62. The molecule has 23 heavy (non-hydrogen) atoms. The monoisotopic (exact) mass is 315 g/mol. The average Bonchev–Trinajstić information content (AvgIpc) is 3.30. The molecule has 0 spiro atoms. The molecule has 1 unspecified atom stereocenters. The minimum absolute atomic E-state index is 0.243. The lowest BCUT2D eigenvalue weighted by Gasteiger charge is -2.21. The summed E-state index contributed by atoms with van der Waals surface area (Å²) in [5, 5.41) is 9.75. The Bertz CT molecular complexity index is 632. The van der Waals surface area contributed by atoms with Gasteiger partial charge in [0.15, 0.2) is 0 Å². The number of aromatic nitrogens is 1. The maximum atomic E-state index is 9.75. The molecule has 2 aromatic rings. The van der Waals surface area contributed by atoms with Crippen LogP contribution in [0, 0.1) is 0 Å². The molecule has 1 aliphatic rings. The lowest BCUT2D eigenvalue weighted by Crippen LogP contribution is -3.13.